The Balaban J connectivity index is 1.61. The van der Waals surface area contributed by atoms with Crippen LogP contribution >= 0.6 is 0 Å². The van der Waals surface area contributed by atoms with Gasteiger partial charge < -0.3 is 14.6 Å². The third-order valence-corrected chi connectivity index (χ3v) is 4.37. The molecule has 1 aliphatic heterocycles. The van der Waals surface area contributed by atoms with Crippen LogP contribution in [0, 0.1) is 10.1 Å². The number of carboxylic acid groups (broad SMARTS) is 1. The van der Waals surface area contributed by atoms with Crippen LogP contribution in [0.15, 0.2) is 48.5 Å². The minimum atomic E-state index is -0.982. The predicted octanol–water partition coefficient (Wildman–Crippen LogP) is 4.04. The molecule has 1 N–H and O–H groups in total. The van der Waals surface area contributed by atoms with E-state index in [2.05, 4.69) is 0 Å². The number of benzene rings is 2. The zero-order valence-electron chi connectivity index (χ0n) is 14.6. The fourth-order valence-corrected chi connectivity index (χ4v) is 2.99. The summed E-state index contributed by atoms with van der Waals surface area (Å²) in [5.74, 6) is 1.09. The van der Waals surface area contributed by atoms with Crippen LogP contribution in [-0.4, -0.2) is 33.8 Å². The van der Waals surface area contributed by atoms with E-state index in [1.807, 2.05) is 0 Å². The van der Waals surface area contributed by atoms with E-state index in [0.717, 1.165) is 12.8 Å². The van der Waals surface area contributed by atoms with Crippen LogP contribution in [0.1, 0.15) is 24.8 Å². The predicted molar refractivity (Wildman–Crippen MR) is 96.9 cm³/mol. The van der Waals surface area contributed by atoms with E-state index in [0.29, 0.717) is 30.0 Å². The van der Waals surface area contributed by atoms with Crippen LogP contribution in [0.2, 0.25) is 0 Å². The molecule has 142 valence electrons. The standard InChI is InChI=1S/C19H20N2O6/c22-19(23)20-12-4-3-7-18(20)27-16-10-8-15(9-11-16)26-13-14-5-1-2-6-17(14)21(24)25/h1-2,5-6,8-11,18H,3-4,7,12-13H2,(H,22,23). The number of carbonyl (C=O) groups is 1. The summed E-state index contributed by atoms with van der Waals surface area (Å²) in [5, 5.41) is 20.3. The SMILES string of the molecule is O=C(O)N1CCCCC1Oc1ccc(OCc2ccccc2[N+](=O)[O-])cc1. The van der Waals surface area contributed by atoms with E-state index in [-0.39, 0.29) is 12.3 Å². The van der Waals surface area contributed by atoms with Gasteiger partial charge >= 0.3 is 6.09 Å². The first kappa shape index (κ1) is 18.5. The van der Waals surface area contributed by atoms with Gasteiger partial charge in [-0.05, 0) is 43.2 Å². The first-order valence-corrected chi connectivity index (χ1v) is 8.66. The summed E-state index contributed by atoms with van der Waals surface area (Å²) in [5.41, 5.74) is 0.505. The largest absolute Gasteiger partial charge is 0.489 e. The fraction of sp³-hybridized carbons (Fsp3) is 0.316. The Morgan fingerprint density at radius 3 is 2.56 bits per heavy atom. The molecule has 0 bridgehead atoms. The highest BCUT2D eigenvalue weighted by Gasteiger charge is 2.27. The third-order valence-electron chi connectivity index (χ3n) is 4.37. The lowest BCUT2D eigenvalue weighted by atomic mass is 10.1. The minimum Gasteiger partial charge on any atom is -0.489 e. The zero-order chi connectivity index (χ0) is 19.2. The van der Waals surface area contributed by atoms with Gasteiger partial charge in [-0.15, -0.1) is 0 Å². The second kappa shape index (κ2) is 8.39. The Bertz CT molecular complexity index is 808. The number of hydrogen-bond donors (Lipinski definition) is 1. The van der Waals surface area contributed by atoms with Crippen molar-refractivity contribution in [2.24, 2.45) is 0 Å². The summed E-state index contributed by atoms with van der Waals surface area (Å²) < 4.78 is 11.4. The molecule has 1 unspecified atom stereocenters. The molecule has 0 aliphatic carbocycles. The molecule has 0 spiro atoms. The quantitative estimate of drug-likeness (QED) is 0.606. The molecule has 0 saturated carbocycles. The van der Waals surface area contributed by atoms with Gasteiger partial charge in [0.15, 0.2) is 6.23 Å². The molecule has 1 amide bonds. The molecular formula is C19H20N2O6. The van der Waals surface area contributed by atoms with E-state index in [1.165, 1.54) is 11.0 Å². The van der Waals surface area contributed by atoms with E-state index < -0.39 is 17.2 Å². The number of likely N-dealkylation sites (tertiary alicyclic amines) is 1. The third kappa shape index (κ3) is 4.66. The molecule has 27 heavy (non-hydrogen) atoms. The van der Waals surface area contributed by atoms with Gasteiger partial charge in [-0.3, -0.25) is 15.0 Å². The van der Waals surface area contributed by atoms with Crippen LogP contribution in [0.5, 0.6) is 11.5 Å². The Hall–Kier alpha value is -3.29. The van der Waals surface area contributed by atoms with Crippen molar-refractivity contribution in [1.29, 1.82) is 0 Å². The normalized spacial score (nSPS) is 16.6. The average Bonchev–Trinajstić information content (AvgIpc) is 2.68. The van der Waals surface area contributed by atoms with E-state index in [1.54, 1.807) is 42.5 Å². The Morgan fingerprint density at radius 2 is 1.85 bits per heavy atom. The second-order valence-corrected chi connectivity index (χ2v) is 6.19. The van der Waals surface area contributed by atoms with Gasteiger partial charge in [0, 0.05) is 19.0 Å². The van der Waals surface area contributed by atoms with Crippen molar-refractivity contribution in [3.63, 3.8) is 0 Å². The molecule has 3 rings (SSSR count). The number of hydrogen-bond acceptors (Lipinski definition) is 5. The maximum atomic E-state index is 11.3. The molecule has 0 radical (unpaired) electrons. The molecule has 1 atom stereocenters. The Morgan fingerprint density at radius 1 is 1.15 bits per heavy atom. The van der Waals surface area contributed by atoms with Crippen LogP contribution in [0.25, 0.3) is 0 Å². The molecular weight excluding hydrogens is 352 g/mol. The maximum absolute atomic E-state index is 11.3. The van der Waals surface area contributed by atoms with E-state index >= 15 is 0 Å². The number of para-hydroxylation sites is 1. The van der Waals surface area contributed by atoms with Crippen LogP contribution in [0.3, 0.4) is 0 Å². The summed E-state index contributed by atoms with van der Waals surface area (Å²) in [4.78, 5) is 23.2. The van der Waals surface area contributed by atoms with Crippen molar-refractivity contribution in [3.05, 3.63) is 64.2 Å². The maximum Gasteiger partial charge on any atom is 0.410 e. The molecule has 8 heteroatoms. The fourth-order valence-electron chi connectivity index (χ4n) is 2.99. The van der Waals surface area contributed by atoms with Crippen LogP contribution in [-0.2, 0) is 6.61 Å². The number of nitrogens with zero attached hydrogens (tertiary/aromatic N) is 2. The molecule has 8 nitrogen and oxygen atoms in total. The summed E-state index contributed by atoms with van der Waals surface area (Å²) in [7, 11) is 0. The molecule has 2 aromatic carbocycles. The number of nitro benzene ring substituents is 1. The zero-order valence-corrected chi connectivity index (χ0v) is 14.6. The smallest absolute Gasteiger partial charge is 0.410 e. The monoisotopic (exact) mass is 372 g/mol. The summed E-state index contributed by atoms with van der Waals surface area (Å²) in [6, 6.07) is 13.2. The number of amides is 1. The highest BCUT2D eigenvalue weighted by Crippen LogP contribution is 2.25. The summed E-state index contributed by atoms with van der Waals surface area (Å²) in [6.07, 6.45) is 0.942. The molecule has 1 fully saturated rings. The first-order chi connectivity index (χ1) is 13.0. The molecule has 1 saturated heterocycles. The minimum absolute atomic E-state index is 0.0171. The highest BCUT2D eigenvalue weighted by atomic mass is 16.6. The number of nitro groups is 1. The van der Waals surface area contributed by atoms with Crippen LogP contribution < -0.4 is 9.47 Å². The van der Waals surface area contributed by atoms with Gasteiger partial charge in [0.25, 0.3) is 5.69 Å². The Labute approximate surface area is 156 Å². The molecule has 0 aromatic heterocycles. The van der Waals surface area contributed by atoms with Gasteiger partial charge in [-0.1, -0.05) is 12.1 Å². The van der Waals surface area contributed by atoms with E-state index in [9.17, 15) is 20.0 Å². The molecule has 1 aliphatic rings. The van der Waals surface area contributed by atoms with Crippen molar-refractivity contribution in [1.82, 2.24) is 4.90 Å². The van der Waals surface area contributed by atoms with Crippen molar-refractivity contribution < 1.29 is 24.3 Å². The van der Waals surface area contributed by atoms with Gasteiger partial charge in [-0.25, -0.2) is 4.79 Å². The summed E-state index contributed by atoms with van der Waals surface area (Å²) >= 11 is 0. The van der Waals surface area contributed by atoms with Gasteiger partial charge in [0.05, 0.1) is 10.5 Å². The lowest BCUT2D eigenvalue weighted by molar-refractivity contribution is -0.385. The number of ether oxygens (including phenoxy) is 2. The van der Waals surface area contributed by atoms with E-state index in [4.69, 9.17) is 9.47 Å². The average molecular weight is 372 g/mol. The van der Waals surface area contributed by atoms with Crippen LogP contribution in [0.4, 0.5) is 10.5 Å². The number of piperidine rings is 1. The first-order valence-electron chi connectivity index (χ1n) is 8.66. The van der Waals surface area contributed by atoms with Gasteiger partial charge in [0.1, 0.15) is 18.1 Å². The summed E-state index contributed by atoms with van der Waals surface area (Å²) in [6.45, 7) is 0.545. The lowest BCUT2D eigenvalue weighted by Gasteiger charge is -2.33. The van der Waals surface area contributed by atoms with Crippen molar-refractivity contribution in [3.8, 4) is 11.5 Å². The van der Waals surface area contributed by atoms with Gasteiger partial charge in [-0.2, -0.15) is 0 Å². The molecule has 2 aromatic rings. The number of rotatable bonds is 6. The second-order valence-electron chi connectivity index (χ2n) is 6.19. The lowest BCUT2D eigenvalue weighted by Crippen LogP contribution is -2.46. The topological polar surface area (TPSA) is 102 Å². The van der Waals surface area contributed by atoms with Gasteiger partial charge in [0.2, 0.25) is 0 Å². The molecule has 1 heterocycles. The van der Waals surface area contributed by atoms with Crippen molar-refractivity contribution in [2.45, 2.75) is 32.1 Å². The van der Waals surface area contributed by atoms with Crippen molar-refractivity contribution in [2.75, 3.05) is 6.54 Å². The Kier molecular flexibility index (Phi) is 5.75. The highest BCUT2D eigenvalue weighted by molar-refractivity contribution is 5.65. The van der Waals surface area contributed by atoms with Crippen molar-refractivity contribution >= 4 is 11.8 Å².